The number of allylic oxidation sites excluding steroid dienone is 1. The summed E-state index contributed by atoms with van der Waals surface area (Å²) in [5.74, 6) is 1.24. The monoisotopic (exact) mass is 439 g/mol. The average Bonchev–Trinajstić information content (AvgIpc) is 2.86. The van der Waals surface area contributed by atoms with Gasteiger partial charge in [0.15, 0.2) is 11.6 Å². The Morgan fingerprint density at radius 1 is 1.31 bits per heavy atom. The molecular weight excluding hydrogens is 410 g/mol. The summed E-state index contributed by atoms with van der Waals surface area (Å²) in [6, 6.07) is 1.79. The van der Waals surface area contributed by atoms with E-state index >= 15 is 0 Å². The van der Waals surface area contributed by atoms with Gasteiger partial charge in [-0.1, -0.05) is 0 Å². The van der Waals surface area contributed by atoms with Gasteiger partial charge in [0.1, 0.15) is 12.8 Å². The van der Waals surface area contributed by atoms with Crippen LogP contribution in [0.4, 0.5) is 5.82 Å². The highest BCUT2D eigenvalue weighted by Gasteiger charge is 2.27. The largest absolute Gasteiger partial charge is 0.488 e. The smallest absolute Gasteiger partial charge is 0.255 e. The Labute approximate surface area is 188 Å². The number of ether oxygens (including phenoxy) is 2. The molecule has 9 heteroatoms. The molecule has 0 aromatic carbocycles. The van der Waals surface area contributed by atoms with Gasteiger partial charge in [0.05, 0.1) is 18.7 Å². The predicted molar refractivity (Wildman–Crippen MR) is 121 cm³/mol. The van der Waals surface area contributed by atoms with Gasteiger partial charge < -0.3 is 19.3 Å². The molecule has 1 aromatic heterocycles. The molecule has 0 aliphatic carbocycles. The van der Waals surface area contributed by atoms with E-state index in [0.717, 1.165) is 38.0 Å². The van der Waals surface area contributed by atoms with Crippen LogP contribution in [0, 0.1) is 0 Å². The Balaban J connectivity index is 1.54. The fraction of sp³-hybridized carbons (Fsp3) is 0.478. The van der Waals surface area contributed by atoms with Crippen LogP contribution in [0.15, 0.2) is 41.3 Å². The minimum atomic E-state index is -0.459. The fourth-order valence-corrected chi connectivity index (χ4v) is 4.01. The van der Waals surface area contributed by atoms with Crippen LogP contribution in [-0.2, 0) is 9.53 Å². The van der Waals surface area contributed by atoms with Gasteiger partial charge in [-0.3, -0.25) is 19.5 Å². The summed E-state index contributed by atoms with van der Waals surface area (Å²) in [4.78, 5) is 38.7. The van der Waals surface area contributed by atoms with Gasteiger partial charge in [-0.15, -0.1) is 0 Å². The highest BCUT2D eigenvalue weighted by Crippen LogP contribution is 2.34. The zero-order valence-electron chi connectivity index (χ0n) is 18.4. The van der Waals surface area contributed by atoms with Crippen molar-refractivity contribution in [2.75, 3.05) is 44.4 Å². The zero-order valence-corrected chi connectivity index (χ0v) is 18.4. The average molecular weight is 440 g/mol. The molecule has 1 saturated heterocycles. The Morgan fingerprint density at radius 3 is 2.94 bits per heavy atom. The number of piperidine rings is 1. The van der Waals surface area contributed by atoms with E-state index in [-0.39, 0.29) is 5.91 Å². The number of anilines is 1. The highest BCUT2D eigenvalue weighted by atomic mass is 16.5. The molecule has 0 N–H and O–H groups in total. The number of carbonyl (C=O) groups is 2. The van der Waals surface area contributed by atoms with Crippen LogP contribution in [-0.4, -0.2) is 78.9 Å². The molecule has 32 heavy (non-hydrogen) atoms. The molecule has 3 aliphatic rings. The standard InChI is InChI=1S/C23H29N5O4/c1-2-31-12-7-24-21-15-19(6-10-27(21)17-29)28-11-13-32-20-14-18(16-25-22(20)28)23(30)26-8-4-3-5-9-26/h6-7,10,14-17,21H,2-5,8-9,11-13H2,1H3. The van der Waals surface area contributed by atoms with Crippen LogP contribution in [0.5, 0.6) is 5.75 Å². The predicted octanol–water partition coefficient (Wildman–Crippen LogP) is 2.21. The van der Waals surface area contributed by atoms with Gasteiger partial charge >= 0.3 is 0 Å². The lowest BCUT2D eigenvalue weighted by Gasteiger charge is -2.34. The van der Waals surface area contributed by atoms with Gasteiger partial charge in [-0.2, -0.15) is 0 Å². The second-order valence-electron chi connectivity index (χ2n) is 7.76. The Hall–Kier alpha value is -3.20. The normalized spacial score (nSPS) is 20.7. The van der Waals surface area contributed by atoms with Gasteiger partial charge in [0.25, 0.3) is 5.91 Å². The zero-order chi connectivity index (χ0) is 22.3. The van der Waals surface area contributed by atoms with Crippen molar-refractivity contribution < 1.29 is 19.1 Å². The molecule has 9 nitrogen and oxygen atoms in total. The van der Waals surface area contributed by atoms with Crippen LogP contribution in [0.1, 0.15) is 36.5 Å². The third-order valence-electron chi connectivity index (χ3n) is 5.68. The van der Waals surface area contributed by atoms with E-state index in [0.29, 0.717) is 43.5 Å². The minimum Gasteiger partial charge on any atom is -0.488 e. The molecule has 4 rings (SSSR count). The lowest BCUT2D eigenvalue weighted by atomic mass is 10.1. The second kappa shape index (κ2) is 10.4. The van der Waals surface area contributed by atoms with E-state index < -0.39 is 6.17 Å². The van der Waals surface area contributed by atoms with E-state index in [1.165, 1.54) is 11.3 Å². The van der Waals surface area contributed by atoms with E-state index in [2.05, 4.69) is 9.98 Å². The quantitative estimate of drug-likeness (QED) is 0.368. The molecule has 0 spiro atoms. The SMILES string of the molecule is CCOCC=NC1C=C(N2CCOc3cc(C(=O)N4CCCCC4)cnc32)C=CN1C=O. The molecule has 1 unspecified atom stereocenters. The van der Waals surface area contributed by atoms with Crippen molar-refractivity contribution in [3.63, 3.8) is 0 Å². The molecule has 3 aliphatic heterocycles. The summed E-state index contributed by atoms with van der Waals surface area (Å²) < 4.78 is 11.1. The third-order valence-corrected chi connectivity index (χ3v) is 5.68. The number of aromatic nitrogens is 1. The van der Waals surface area contributed by atoms with Gasteiger partial charge in [-0.05, 0) is 44.4 Å². The number of fused-ring (bicyclic) bond motifs is 1. The lowest BCUT2D eigenvalue weighted by Crippen LogP contribution is -2.37. The maximum atomic E-state index is 12.9. The van der Waals surface area contributed by atoms with Crippen molar-refractivity contribution in [2.24, 2.45) is 4.99 Å². The molecular formula is C23H29N5O4. The van der Waals surface area contributed by atoms with Crippen LogP contribution in [0.25, 0.3) is 0 Å². The topological polar surface area (TPSA) is 87.6 Å². The minimum absolute atomic E-state index is 0.00262. The van der Waals surface area contributed by atoms with Crippen molar-refractivity contribution in [1.82, 2.24) is 14.8 Å². The summed E-state index contributed by atoms with van der Waals surface area (Å²) in [6.07, 6.45) is 12.3. The summed E-state index contributed by atoms with van der Waals surface area (Å²) in [6.45, 7) is 5.57. The number of rotatable bonds is 7. The molecule has 1 atom stereocenters. The number of likely N-dealkylation sites (tertiary alicyclic amines) is 1. The molecule has 1 aromatic rings. The number of hydrogen-bond donors (Lipinski definition) is 0. The van der Waals surface area contributed by atoms with Crippen molar-refractivity contribution in [2.45, 2.75) is 32.4 Å². The van der Waals surface area contributed by atoms with Crippen molar-refractivity contribution in [1.29, 1.82) is 0 Å². The number of nitrogens with zero attached hydrogens (tertiary/aromatic N) is 5. The number of aliphatic imine (C=N–C) groups is 1. The van der Waals surface area contributed by atoms with Crippen LogP contribution >= 0.6 is 0 Å². The van der Waals surface area contributed by atoms with Gasteiger partial charge in [0.2, 0.25) is 6.41 Å². The van der Waals surface area contributed by atoms with E-state index in [4.69, 9.17) is 9.47 Å². The van der Waals surface area contributed by atoms with Crippen LogP contribution < -0.4 is 9.64 Å². The van der Waals surface area contributed by atoms with Crippen LogP contribution in [0.3, 0.4) is 0 Å². The first-order valence-corrected chi connectivity index (χ1v) is 11.1. The molecule has 0 bridgehead atoms. The number of pyridine rings is 1. The summed E-state index contributed by atoms with van der Waals surface area (Å²) >= 11 is 0. The maximum absolute atomic E-state index is 12.9. The highest BCUT2D eigenvalue weighted by molar-refractivity contribution is 5.95. The summed E-state index contributed by atoms with van der Waals surface area (Å²) in [5.41, 5.74) is 1.42. The Kier molecular flexibility index (Phi) is 7.16. The van der Waals surface area contributed by atoms with E-state index in [1.54, 1.807) is 24.7 Å². The molecule has 4 heterocycles. The summed E-state index contributed by atoms with van der Waals surface area (Å²) in [7, 11) is 0. The molecule has 2 amide bonds. The molecule has 1 fully saturated rings. The molecule has 0 saturated carbocycles. The van der Waals surface area contributed by atoms with Crippen LogP contribution in [0.2, 0.25) is 0 Å². The van der Waals surface area contributed by atoms with Gasteiger partial charge in [-0.25, -0.2) is 4.98 Å². The van der Waals surface area contributed by atoms with Crippen molar-refractivity contribution in [3.8, 4) is 5.75 Å². The maximum Gasteiger partial charge on any atom is 0.255 e. The van der Waals surface area contributed by atoms with Crippen molar-refractivity contribution >= 4 is 24.3 Å². The number of amides is 2. The Bertz CT molecular complexity index is 923. The lowest BCUT2D eigenvalue weighted by molar-refractivity contribution is -0.116. The number of hydrogen-bond acceptors (Lipinski definition) is 7. The van der Waals surface area contributed by atoms with Crippen molar-refractivity contribution in [3.05, 3.63) is 41.9 Å². The molecule has 170 valence electrons. The second-order valence-corrected chi connectivity index (χ2v) is 7.76. The summed E-state index contributed by atoms with van der Waals surface area (Å²) in [5, 5.41) is 0. The van der Waals surface area contributed by atoms with Gasteiger partial charge in [0, 0.05) is 44.0 Å². The molecule has 0 radical (unpaired) electrons. The first-order valence-electron chi connectivity index (χ1n) is 11.1. The first kappa shape index (κ1) is 22.0. The van der Waals surface area contributed by atoms with E-state index in [9.17, 15) is 9.59 Å². The van der Waals surface area contributed by atoms with E-state index in [1.807, 2.05) is 28.9 Å². The first-order chi connectivity index (χ1) is 15.7. The third kappa shape index (κ3) is 4.83. The Morgan fingerprint density at radius 2 is 2.16 bits per heavy atom. The number of carbonyl (C=O) groups excluding carboxylic acids is 2. The fourth-order valence-electron chi connectivity index (χ4n) is 4.01.